The van der Waals surface area contributed by atoms with E-state index in [4.69, 9.17) is 16.3 Å². The molecule has 0 saturated carbocycles. The van der Waals surface area contributed by atoms with Crippen molar-refractivity contribution in [2.24, 2.45) is 5.10 Å². The summed E-state index contributed by atoms with van der Waals surface area (Å²) in [5.74, 6) is 0.590. The van der Waals surface area contributed by atoms with Crippen LogP contribution in [0.2, 0.25) is 5.02 Å². The first-order chi connectivity index (χ1) is 12.1. The van der Waals surface area contributed by atoms with Gasteiger partial charge in [-0.25, -0.2) is 0 Å². The zero-order chi connectivity index (χ0) is 17.6. The Bertz CT molecular complexity index is 726. The van der Waals surface area contributed by atoms with Gasteiger partial charge in [0.25, 0.3) is 0 Å². The van der Waals surface area contributed by atoms with Gasteiger partial charge in [-0.15, -0.1) is 0 Å². The molecule has 132 valence electrons. The molecular weight excluding hydrogens is 338 g/mol. The molecule has 1 aliphatic rings. The van der Waals surface area contributed by atoms with Gasteiger partial charge in [-0.3, -0.25) is 9.91 Å². The Labute approximate surface area is 153 Å². The van der Waals surface area contributed by atoms with Gasteiger partial charge in [-0.2, -0.15) is 5.10 Å². The number of aromatic hydroxyl groups is 1. The molecule has 0 radical (unpaired) electrons. The quantitative estimate of drug-likeness (QED) is 0.833. The minimum absolute atomic E-state index is 0.135. The van der Waals surface area contributed by atoms with Gasteiger partial charge in [0, 0.05) is 37.7 Å². The van der Waals surface area contributed by atoms with E-state index >= 15 is 0 Å². The molecule has 0 aliphatic carbocycles. The Hall–Kier alpha value is -2.24. The second-order valence-electron chi connectivity index (χ2n) is 6.03. The number of phenols is 1. The van der Waals surface area contributed by atoms with Crippen LogP contribution in [0.15, 0.2) is 47.6 Å². The second-order valence-corrected chi connectivity index (χ2v) is 6.47. The largest absolute Gasteiger partial charge is 0.504 e. The second kappa shape index (κ2) is 8.23. The SMILES string of the molecule is COc1cc(C=NN2CCN(Cc3ccc(Cl)cc3)CC2)ccc1O. The van der Waals surface area contributed by atoms with E-state index in [9.17, 15) is 5.11 Å². The number of piperazine rings is 1. The van der Waals surface area contributed by atoms with Gasteiger partial charge < -0.3 is 9.84 Å². The molecule has 0 unspecified atom stereocenters. The first-order valence-corrected chi connectivity index (χ1v) is 8.64. The lowest BCUT2D eigenvalue weighted by Gasteiger charge is -2.33. The Morgan fingerprint density at radius 2 is 1.84 bits per heavy atom. The maximum Gasteiger partial charge on any atom is 0.161 e. The predicted molar refractivity (Wildman–Crippen MR) is 101 cm³/mol. The Balaban J connectivity index is 1.51. The fourth-order valence-electron chi connectivity index (χ4n) is 2.78. The van der Waals surface area contributed by atoms with Crippen LogP contribution in [-0.4, -0.2) is 54.5 Å². The van der Waals surface area contributed by atoms with Crippen LogP contribution >= 0.6 is 11.6 Å². The number of rotatable bonds is 5. The first-order valence-electron chi connectivity index (χ1n) is 8.27. The standard InChI is InChI=1S/C19H22ClN3O2/c1-25-19-12-16(4-7-18(19)24)13-21-23-10-8-22(9-11-23)14-15-2-5-17(20)6-3-15/h2-7,12-13,24H,8-11,14H2,1H3. The van der Waals surface area contributed by atoms with Crippen LogP contribution in [0.1, 0.15) is 11.1 Å². The van der Waals surface area contributed by atoms with E-state index < -0.39 is 0 Å². The van der Waals surface area contributed by atoms with Gasteiger partial charge in [0.05, 0.1) is 13.3 Å². The molecule has 1 N–H and O–H groups in total. The molecule has 2 aromatic rings. The van der Waals surface area contributed by atoms with Gasteiger partial charge in [-0.1, -0.05) is 23.7 Å². The van der Waals surface area contributed by atoms with Crippen LogP contribution in [0.4, 0.5) is 0 Å². The average molecular weight is 360 g/mol. The third-order valence-corrected chi connectivity index (χ3v) is 4.49. The minimum atomic E-state index is 0.135. The molecule has 0 amide bonds. The minimum Gasteiger partial charge on any atom is -0.504 e. The fraction of sp³-hybridized carbons (Fsp3) is 0.316. The molecule has 3 rings (SSSR count). The van der Waals surface area contributed by atoms with E-state index in [0.29, 0.717) is 5.75 Å². The molecule has 1 saturated heterocycles. The Morgan fingerprint density at radius 1 is 1.12 bits per heavy atom. The van der Waals surface area contributed by atoms with Gasteiger partial charge in [-0.05, 0) is 41.5 Å². The van der Waals surface area contributed by atoms with Crippen molar-refractivity contribution in [3.8, 4) is 11.5 Å². The molecule has 0 aromatic heterocycles. The lowest BCUT2D eigenvalue weighted by atomic mass is 10.2. The van der Waals surface area contributed by atoms with Crippen LogP contribution < -0.4 is 4.74 Å². The highest BCUT2D eigenvalue weighted by Gasteiger charge is 2.15. The third-order valence-electron chi connectivity index (χ3n) is 4.24. The molecule has 0 spiro atoms. The summed E-state index contributed by atoms with van der Waals surface area (Å²) in [6, 6.07) is 13.2. The van der Waals surface area contributed by atoms with Crippen molar-refractivity contribution in [3.05, 3.63) is 58.6 Å². The Morgan fingerprint density at radius 3 is 2.52 bits per heavy atom. The van der Waals surface area contributed by atoms with Gasteiger partial charge >= 0.3 is 0 Å². The summed E-state index contributed by atoms with van der Waals surface area (Å²) in [4.78, 5) is 2.42. The summed E-state index contributed by atoms with van der Waals surface area (Å²) in [7, 11) is 1.54. The first kappa shape index (κ1) is 17.6. The summed E-state index contributed by atoms with van der Waals surface area (Å²) in [5, 5.41) is 17.0. The summed E-state index contributed by atoms with van der Waals surface area (Å²) >= 11 is 5.93. The van der Waals surface area contributed by atoms with Gasteiger partial charge in [0.15, 0.2) is 11.5 Å². The number of nitrogens with zero attached hydrogens (tertiary/aromatic N) is 3. The van der Waals surface area contributed by atoms with Crippen molar-refractivity contribution < 1.29 is 9.84 Å². The van der Waals surface area contributed by atoms with Crippen molar-refractivity contribution >= 4 is 17.8 Å². The molecule has 25 heavy (non-hydrogen) atoms. The van der Waals surface area contributed by atoms with Crippen molar-refractivity contribution in [3.63, 3.8) is 0 Å². The van der Waals surface area contributed by atoms with E-state index in [0.717, 1.165) is 43.3 Å². The molecule has 1 aliphatic heterocycles. The third kappa shape index (κ3) is 4.87. The molecule has 0 bridgehead atoms. The highest BCUT2D eigenvalue weighted by atomic mass is 35.5. The number of hydrogen-bond donors (Lipinski definition) is 1. The highest BCUT2D eigenvalue weighted by molar-refractivity contribution is 6.30. The smallest absolute Gasteiger partial charge is 0.161 e. The normalized spacial score (nSPS) is 15.7. The van der Waals surface area contributed by atoms with Crippen molar-refractivity contribution in [1.29, 1.82) is 0 Å². The monoisotopic (exact) mass is 359 g/mol. The summed E-state index contributed by atoms with van der Waals surface area (Å²) in [5.41, 5.74) is 2.18. The molecule has 6 heteroatoms. The molecule has 1 heterocycles. The van der Waals surface area contributed by atoms with E-state index in [1.54, 1.807) is 18.3 Å². The zero-order valence-electron chi connectivity index (χ0n) is 14.2. The topological polar surface area (TPSA) is 48.3 Å². The molecule has 2 aromatic carbocycles. The number of hydrazone groups is 1. The van der Waals surface area contributed by atoms with Crippen LogP contribution in [0, 0.1) is 0 Å². The summed E-state index contributed by atoms with van der Waals surface area (Å²) in [6.45, 7) is 4.65. The lowest BCUT2D eigenvalue weighted by molar-refractivity contribution is 0.131. The number of ether oxygens (including phenoxy) is 1. The van der Waals surface area contributed by atoms with Crippen LogP contribution in [0.5, 0.6) is 11.5 Å². The number of phenolic OH excluding ortho intramolecular Hbond substituents is 1. The van der Waals surface area contributed by atoms with Crippen molar-refractivity contribution in [1.82, 2.24) is 9.91 Å². The molecular formula is C19H22ClN3O2. The van der Waals surface area contributed by atoms with Gasteiger partial charge in [0.2, 0.25) is 0 Å². The van der Waals surface area contributed by atoms with Gasteiger partial charge in [0.1, 0.15) is 0 Å². The maximum absolute atomic E-state index is 9.62. The predicted octanol–water partition coefficient (Wildman–Crippen LogP) is 3.21. The highest BCUT2D eigenvalue weighted by Crippen LogP contribution is 2.25. The number of benzene rings is 2. The van der Waals surface area contributed by atoms with Crippen LogP contribution in [-0.2, 0) is 6.54 Å². The van der Waals surface area contributed by atoms with E-state index in [1.165, 1.54) is 12.7 Å². The molecule has 5 nitrogen and oxygen atoms in total. The lowest BCUT2D eigenvalue weighted by Crippen LogP contribution is -2.43. The van der Waals surface area contributed by atoms with E-state index in [1.807, 2.05) is 18.2 Å². The summed E-state index contributed by atoms with van der Waals surface area (Å²) in [6.07, 6.45) is 1.80. The molecule has 0 atom stereocenters. The maximum atomic E-state index is 9.62. The number of hydrogen-bond acceptors (Lipinski definition) is 5. The van der Waals surface area contributed by atoms with Crippen LogP contribution in [0.3, 0.4) is 0 Å². The average Bonchev–Trinajstić information content (AvgIpc) is 2.64. The molecule has 1 fully saturated rings. The fourth-order valence-corrected chi connectivity index (χ4v) is 2.91. The Kier molecular flexibility index (Phi) is 5.79. The van der Waals surface area contributed by atoms with E-state index in [2.05, 4.69) is 27.1 Å². The number of halogens is 1. The van der Waals surface area contributed by atoms with Crippen LogP contribution in [0.25, 0.3) is 0 Å². The summed E-state index contributed by atoms with van der Waals surface area (Å²) < 4.78 is 5.12. The van der Waals surface area contributed by atoms with Crippen molar-refractivity contribution in [2.45, 2.75) is 6.54 Å². The van der Waals surface area contributed by atoms with E-state index in [-0.39, 0.29) is 5.75 Å². The van der Waals surface area contributed by atoms with Crippen molar-refractivity contribution in [2.75, 3.05) is 33.3 Å². The zero-order valence-corrected chi connectivity index (χ0v) is 15.0. The number of methoxy groups -OCH3 is 1.